The Morgan fingerprint density at radius 3 is 2.47 bits per heavy atom. The van der Waals surface area contributed by atoms with Gasteiger partial charge in [0, 0.05) is 12.5 Å². The molecule has 1 rings (SSSR count). The number of halogens is 1. The second-order valence-electron chi connectivity index (χ2n) is 3.41. The highest BCUT2D eigenvalue weighted by atomic mass is 19.1. The third-order valence-electron chi connectivity index (χ3n) is 2.23. The number of benzene rings is 1. The number of carbonyl (C=O) groups is 1. The first-order valence-corrected chi connectivity index (χ1v) is 4.75. The molecule has 0 aliphatic carbocycles. The molecule has 0 amide bonds. The zero-order chi connectivity index (χ0) is 11.3. The van der Waals surface area contributed by atoms with Crippen molar-refractivity contribution in [3.05, 3.63) is 35.4 Å². The average Bonchev–Trinajstić information content (AvgIpc) is 2.26. The molecule has 0 radical (unpaired) electrons. The molecule has 82 valence electrons. The van der Waals surface area contributed by atoms with Crippen LogP contribution in [0.1, 0.15) is 30.0 Å². The molecule has 1 atom stereocenters. The molecule has 0 saturated carbocycles. The van der Waals surface area contributed by atoms with Crippen molar-refractivity contribution in [2.24, 2.45) is 5.73 Å². The van der Waals surface area contributed by atoms with E-state index in [2.05, 4.69) is 0 Å². The molecule has 4 heteroatoms. The summed E-state index contributed by atoms with van der Waals surface area (Å²) in [6.07, 6.45) is 0.441. The predicted molar refractivity (Wildman–Crippen MR) is 55.1 cm³/mol. The van der Waals surface area contributed by atoms with Gasteiger partial charge in [-0.2, -0.15) is 0 Å². The number of carboxylic acids is 1. The third-order valence-corrected chi connectivity index (χ3v) is 2.23. The van der Waals surface area contributed by atoms with Crippen molar-refractivity contribution in [1.29, 1.82) is 0 Å². The maximum atomic E-state index is 12.2. The van der Waals surface area contributed by atoms with Crippen molar-refractivity contribution in [1.82, 2.24) is 0 Å². The minimum atomic E-state index is -0.856. The van der Waals surface area contributed by atoms with E-state index in [9.17, 15) is 9.18 Å². The van der Waals surface area contributed by atoms with E-state index in [0.717, 1.165) is 5.56 Å². The summed E-state index contributed by atoms with van der Waals surface area (Å²) in [5.41, 5.74) is 7.22. The number of rotatable bonds is 5. The zero-order valence-electron chi connectivity index (χ0n) is 8.32. The number of hydrogen-bond donors (Lipinski definition) is 2. The topological polar surface area (TPSA) is 63.3 Å². The van der Waals surface area contributed by atoms with E-state index < -0.39 is 12.6 Å². The van der Waals surface area contributed by atoms with Crippen LogP contribution in [-0.4, -0.2) is 11.1 Å². The van der Waals surface area contributed by atoms with Crippen LogP contribution in [0.25, 0.3) is 0 Å². The fourth-order valence-corrected chi connectivity index (χ4v) is 1.30. The molecule has 0 aliphatic rings. The molecule has 0 heterocycles. The fourth-order valence-electron chi connectivity index (χ4n) is 1.30. The van der Waals surface area contributed by atoms with Crippen LogP contribution in [0.3, 0.4) is 0 Å². The highest BCUT2D eigenvalue weighted by Crippen LogP contribution is 2.16. The van der Waals surface area contributed by atoms with Crippen molar-refractivity contribution in [3.63, 3.8) is 0 Å². The van der Waals surface area contributed by atoms with Gasteiger partial charge in [-0.15, -0.1) is 0 Å². The molecule has 3 nitrogen and oxygen atoms in total. The Hall–Kier alpha value is -1.42. The molecule has 0 aromatic heterocycles. The lowest BCUT2D eigenvalue weighted by molar-refractivity contribution is -0.137. The number of hydrogen-bond acceptors (Lipinski definition) is 2. The minimum absolute atomic E-state index is 0.0476. The number of carboxylic acid groups (broad SMARTS) is 1. The molecule has 3 N–H and O–H groups in total. The van der Waals surface area contributed by atoms with Crippen LogP contribution in [0.2, 0.25) is 0 Å². The third kappa shape index (κ3) is 3.67. The molecule has 0 aliphatic heterocycles. The van der Waals surface area contributed by atoms with Gasteiger partial charge in [0.2, 0.25) is 0 Å². The first-order valence-electron chi connectivity index (χ1n) is 4.75. The summed E-state index contributed by atoms with van der Waals surface area (Å²) in [4.78, 5) is 10.3. The summed E-state index contributed by atoms with van der Waals surface area (Å²) in [5.74, 6) is -0.856. The molecule has 0 fully saturated rings. The van der Waals surface area contributed by atoms with Gasteiger partial charge in [0.15, 0.2) is 0 Å². The van der Waals surface area contributed by atoms with Gasteiger partial charge in [0.25, 0.3) is 0 Å². The summed E-state index contributed by atoms with van der Waals surface area (Å²) in [6.45, 7) is -0.495. The first-order chi connectivity index (χ1) is 7.13. The summed E-state index contributed by atoms with van der Waals surface area (Å²) in [5, 5.41) is 8.49. The Bertz CT molecular complexity index is 324. The van der Waals surface area contributed by atoms with Crippen molar-refractivity contribution < 1.29 is 14.3 Å². The lowest BCUT2D eigenvalue weighted by atomic mass is 10.0. The van der Waals surface area contributed by atoms with Crippen LogP contribution in [-0.2, 0) is 11.5 Å². The maximum absolute atomic E-state index is 12.2. The molecule has 15 heavy (non-hydrogen) atoms. The van der Waals surface area contributed by atoms with E-state index >= 15 is 0 Å². The Morgan fingerprint density at radius 1 is 1.40 bits per heavy atom. The lowest BCUT2D eigenvalue weighted by Gasteiger charge is -2.10. The summed E-state index contributed by atoms with van der Waals surface area (Å²) >= 11 is 0. The zero-order valence-corrected chi connectivity index (χ0v) is 8.32. The van der Waals surface area contributed by atoms with Gasteiger partial charge in [-0.05, 0) is 17.5 Å². The van der Waals surface area contributed by atoms with Crippen molar-refractivity contribution in [2.75, 3.05) is 0 Å². The number of aliphatic carboxylic acids is 1. The Kier molecular flexibility index (Phi) is 4.24. The van der Waals surface area contributed by atoms with Gasteiger partial charge in [-0.3, -0.25) is 4.79 Å². The molecule has 0 bridgehead atoms. The molecule has 0 spiro atoms. The van der Waals surface area contributed by atoms with Crippen LogP contribution in [0.15, 0.2) is 24.3 Å². The first kappa shape index (κ1) is 11.7. The fraction of sp³-hybridized carbons (Fsp3) is 0.364. The predicted octanol–water partition coefficient (Wildman–Crippen LogP) is 2.02. The van der Waals surface area contributed by atoms with Crippen molar-refractivity contribution >= 4 is 5.97 Å². The van der Waals surface area contributed by atoms with Crippen LogP contribution < -0.4 is 5.73 Å². The van der Waals surface area contributed by atoms with Crippen molar-refractivity contribution in [3.8, 4) is 0 Å². The van der Waals surface area contributed by atoms with Crippen LogP contribution in [0, 0.1) is 0 Å². The highest BCUT2D eigenvalue weighted by Gasteiger charge is 2.08. The van der Waals surface area contributed by atoms with E-state index in [1.165, 1.54) is 0 Å². The summed E-state index contributed by atoms with van der Waals surface area (Å²) in [6, 6.07) is 6.50. The minimum Gasteiger partial charge on any atom is -0.481 e. The van der Waals surface area contributed by atoms with Gasteiger partial charge in [0.05, 0.1) is 0 Å². The van der Waals surface area contributed by atoms with E-state index in [1.807, 2.05) is 0 Å². The van der Waals surface area contributed by atoms with Crippen LogP contribution in [0.4, 0.5) is 4.39 Å². The Labute approximate surface area is 87.7 Å². The van der Waals surface area contributed by atoms with Crippen molar-refractivity contribution in [2.45, 2.75) is 25.6 Å². The molecule has 0 saturated heterocycles. The Morgan fingerprint density at radius 2 is 2.00 bits per heavy atom. The average molecular weight is 211 g/mol. The molecular weight excluding hydrogens is 197 g/mol. The normalized spacial score (nSPS) is 12.4. The van der Waals surface area contributed by atoms with Gasteiger partial charge in [0.1, 0.15) is 6.67 Å². The maximum Gasteiger partial charge on any atom is 0.303 e. The highest BCUT2D eigenvalue weighted by molar-refractivity contribution is 5.66. The molecular formula is C11H14FNO2. The smallest absolute Gasteiger partial charge is 0.303 e. The quantitative estimate of drug-likeness (QED) is 0.783. The van der Waals surface area contributed by atoms with E-state index in [1.54, 1.807) is 24.3 Å². The number of alkyl halides is 1. The van der Waals surface area contributed by atoms with Gasteiger partial charge in [-0.25, -0.2) is 4.39 Å². The molecule has 1 aromatic rings. The van der Waals surface area contributed by atoms with Gasteiger partial charge in [-0.1, -0.05) is 24.3 Å². The van der Waals surface area contributed by atoms with E-state index in [-0.39, 0.29) is 12.5 Å². The van der Waals surface area contributed by atoms with Gasteiger partial charge >= 0.3 is 5.97 Å². The lowest BCUT2D eigenvalue weighted by Crippen LogP contribution is -2.12. The van der Waals surface area contributed by atoms with Crippen LogP contribution >= 0.6 is 0 Å². The van der Waals surface area contributed by atoms with E-state index in [0.29, 0.717) is 12.0 Å². The largest absolute Gasteiger partial charge is 0.481 e. The van der Waals surface area contributed by atoms with E-state index in [4.69, 9.17) is 10.8 Å². The van der Waals surface area contributed by atoms with Crippen LogP contribution in [0.5, 0.6) is 0 Å². The summed E-state index contributed by atoms with van der Waals surface area (Å²) in [7, 11) is 0. The second-order valence-corrected chi connectivity index (χ2v) is 3.41. The monoisotopic (exact) mass is 211 g/mol. The number of nitrogens with two attached hydrogens (primary N) is 1. The second kappa shape index (κ2) is 5.46. The Balaban J connectivity index is 2.57. The standard InChI is InChI=1S/C11H14FNO2/c12-7-8-1-3-9(4-2-8)10(13)5-6-11(14)15/h1-4,10H,5-7,13H2,(H,14,15). The molecule has 1 unspecified atom stereocenters. The SMILES string of the molecule is NC(CCC(=O)O)c1ccc(CF)cc1. The summed E-state index contributed by atoms with van der Waals surface area (Å²) < 4.78 is 12.2. The van der Waals surface area contributed by atoms with Gasteiger partial charge < -0.3 is 10.8 Å². The molecule has 1 aromatic carbocycles.